The van der Waals surface area contributed by atoms with Crippen molar-refractivity contribution in [2.75, 3.05) is 5.01 Å². The number of allylic oxidation sites excluding steroid dienone is 1. The van der Waals surface area contributed by atoms with Gasteiger partial charge in [-0.25, -0.2) is 5.01 Å². The zero-order valence-corrected chi connectivity index (χ0v) is 11.5. The molecule has 1 aliphatic rings. The standard InChI is InChI=1S/C17H13F3N2/c18-17(19,20)16-15(13-7-3-1-4-8-13)11-12-22(21-16)14-9-5-2-6-10-14/h1-12,15H/t15-/m1/s1. The Labute approximate surface area is 126 Å². The second-order valence-electron chi connectivity index (χ2n) is 4.89. The van der Waals surface area contributed by atoms with Gasteiger partial charge in [0.2, 0.25) is 0 Å². The largest absolute Gasteiger partial charge is 0.432 e. The Bertz CT molecular complexity index is 691. The lowest BCUT2D eigenvalue weighted by Crippen LogP contribution is -2.34. The van der Waals surface area contributed by atoms with Crippen molar-refractivity contribution in [1.29, 1.82) is 0 Å². The first-order valence-electron chi connectivity index (χ1n) is 6.79. The fourth-order valence-electron chi connectivity index (χ4n) is 2.36. The maximum absolute atomic E-state index is 13.4. The van der Waals surface area contributed by atoms with Crippen molar-refractivity contribution in [2.24, 2.45) is 5.10 Å². The first-order chi connectivity index (χ1) is 10.6. The first-order valence-corrected chi connectivity index (χ1v) is 6.79. The second kappa shape index (κ2) is 5.67. The SMILES string of the molecule is FC(F)(F)C1=NN(c2ccccc2)C=C[C@@H]1c1ccccc1. The van der Waals surface area contributed by atoms with Crippen LogP contribution in [-0.2, 0) is 0 Å². The van der Waals surface area contributed by atoms with Crippen molar-refractivity contribution in [1.82, 2.24) is 0 Å². The molecule has 0 unspecified atom stereocenters. The lowest BCUT2D eigenvalue weighted by atomic mass is 9.93. The van der Waals surface area contributed by atoms with E-state index in [0.29, 0.717) is 11.3 Å². The van der Waals surface area contributed by atoms with Crippen LogP contribution < -0.4 is 5.01 Å². The molecule has 1 aliphatic heterocycles. The highest BCUT2D eigenvalue weighted by atomic mass is 19.4. The molecule has 112 valence electrons. The zero-order valence-electron chi connectivity index (χ0n) is 11.5. The molecule has 0 saturated carbocycles. The van der Waals surface area contributed by atoms with Gasteiger partial charge < -0.3 is 0 Å². The van der Waals surface area contributed by atoms with Crippen LogP contribution in [0.25, 0.3) is 0 Å². The number of benzene rings is 2. The third-order valence-corrected chi connectivity index (χ3v) is 3.40. The third-order valence-electron chi connectivity index (χ3n) is 3.40. The van der Waals surface area contributed by atoms with E-state index in [0.717, 1.165) is 0 Å². The fraction of sp³-hybridized carbons (Fsp3) is 0.118. The topological polar surface area (TPSA) is 15.6 Å². The highest BCUT2D eigenvalue weighted by molar-refractivity contribution is 5.98. The minimum atomic E-state index is -4.49. The molecule has 2 aromatic rings. The van der Waals surface area contributed by atoms with Gasteiger partial charge in [-0.05, 0) is 17.7 Å². The smallest absolute Gasteiger partial charge is 0.241 e. The minimum absolute atomic E-state index is 0.572. The molecule has 0 fully saturated rings. The van der Waals surface area contributed by atoms with Crippen molar-refractivity contribution in [3.8, 4) is 0 Å². The van der Waals surface area contributed by atoms with Crippen molar-refractivity contribution in [3.63, 3.8) is 0 Å². The molecule has 0 N–H and O–H groups in total. The van der Waals surface area contributed by atoms with Gasteiger partial charge in [-0.1, -0.05) is 54.6 Å². The summed E-state index contributed by atoms with van der Waals surface area (Å²) in [6, 6.07) is 17.3. The summed E-state index contributed by atoms with van der Waals surface area (Å²) in [5.74, 6) is -0.888. The number of rotatable bonds is 2. The predicted molar refractivity (Wildman–Crippen MR) is 80.7 cm³/mol. The average Bonchev–Trinajstić information content (AvgIpc) is 2.55. The van der Waals surface area contributed by atoms with Crippen LogP contribution in [0.1, 0.15) is 11.5 Å². The molecule has 0 amide bonds. The normalized spacial score (nSPS) is 18.2. The monoisotopic (exact) mass is 302 g/mol. The van der Waals surface area contributed by atoms with E-state index >= 15 is 0 Å². The molecule has 0 bridgehead atoms. The maximum atomic E-state index is 13.4. The Kier molecular flexibility index (Phi) is 3.71. The number of para-hydroxylation sites is 1. The molecule has 1 heterocycles. The number of hydrogen-bond acceptors (Lipinski definition) is 2. The summed E-state index contributed by atoms with van der Waals surface area (Å²) in [5.41, 5.74) is 0.347. The average molecular weight is 302 g/mol. The van der Waals surface area contributed by atoms with Crippen LogP contribution in [0.4, 0.5) is 18.9 Å². The Morgan fingerprint density at radius 3 is 2.05 bits per heavy atom. The molecular formula is C17H13F3N2. The summed E-state index contributed by atoms with van der Waals surface area (Å²) >= 11 is 0. The van der Waals surface area contributed by atoms with Crippen LogP contribution in [0, 0.1) is 0 Å². The van der Waals surface area contributed by atoms with E-state index in [1.54, 1.807) is 66.9 Å². The second-order valence-corrected chi connectivity index (χ2v) is 4.89. The molecule has 0 radical (unpaired) electrons. The molecule has 2 aromatic carbocycles. The van der Waals surface area contributed by atoms with E-state index in [2.05, 4.69) is 5.10 Å². The van der Waals surface area contributed by atoms with Crippen LogP contribution in [0.3, 0.4) is 0 Å². The van der Waals surface area contributed by atoms with Gasteiger partial charge >= 0.3 is 6.18 Å². The van der Waals surface area contributed by atoms with Crippen LogP contribution in [0.2, 0.25) is 0 Å². The Morgan fingerprint density at radius 2 is 1.45 bits per heavy atom. The van der Waals surface area contributed by atoms with E-state index < -0.39 is 17.8 Å². The van der Waals surface area contributed by atoms with Crippen molar-refractivity contribution >= 4 is 11.4 Å². The van der Waals surface area contributed by atoms with E-state index in [1.165, 1.54) is 11.1 Å². The first kappa shape index (κ1) is 14.4. The maximum Gasteiger partial charge on any atom is 0.432 e. The van der Waals surface area contributed by atoms with Crippen molar-refractivity contribution in [3.05, 3.63) is 78.5 Å². The van der Waals surface area contributed by atoms with Gasteiger partial charge in [0.15, 0.2) is 5.71 Å². The van der Waals surface area contributed by atoms with Crippen LogP contribution in [-0.4, -0.2) is 11.9 Å². The summed E-state index contributed by atoms with van der Waals surface area (Å²) in [4.78, 5) is 0. The third kappa shape index (κ3) is 2.88. The lowest BCUT2D eigenvalue weighted by Gasteiger charge is -2.27. The van der Waals surface area contributed by atoms with Crippen LogP contribution in [0.15, 0.2) is 78.0 Å². The minimum Gasteiger partial charge on any atom is -0.241 e. The molecule has 5 heteroatoms. The van der Waals surface area contributed by atoms with Gasteiger partial charge in [0.1, 0.15) is 0 Å². The van der Waals surface area contributed by atoms with Gasteiger partial charge in [0.25, 0.3) is 0 Å². The van der Waals surface area contributed by atoms with E-state index in [-0.39, 0.29) is 0 Å². The van der Waals surface area contributed by atoms with Gasteiger partial charge in [-0.2, -0.15) is 18.3 Å². The summed E-state index contributed by atoms with van der Waals surface area (Å²) < 4.78 is 40.1. The number of hydrogen-bond donors (Lipinski definition) is 0. The Balaban J connectivity index is 2.00. The highest BCUT2D eigenvalue weighted by Crippen LogP contribution is 2.34. The van der Waals surface area contributed by atoms with Gasteiger partial charge in [0, 0.05) is 6.20 Å². The number of nitrogens with zero attached hydrogens (tertiary/aromatic N) is 2. The molecule has 2 nitrogen and oxygen atoms in total. The molecule has 0 spiro atoms. The molecule has 0 saturated heterocycles. The summed E-state index contributed by atoms with van der Waals surface area (Å²) in [5, 5.41) is 5.07. The lowest BCUT2D eigenvalue weighted by molar-refractivity contribution is -0.0611. The summed E-state index contributed by atoms with van der Waals surface area (Å²) in [7, 11) is 0. The number of anilines is 1. The van der Waals surface area contributed by atoms with Crippen molar-refractivity contribution < 1.29 is 13.2 Å². The Morgan fingerprint density at radius 1 is 0.864 bits per heavy atom. The predicted octanol–water partition coefficient (Wildman–Crippen LogP) is 4.72. The molecule has 22 heavy (non-hydrogen) atoms. The zero-order chi connectivity index (χ0) is 15.6. The van der Waals surface area contributed by atoms with Gasteiger partial charge in [-0.3, -0.25) is 0 Å². The molecule has 0 aliphatic carbocycles. The number of alkyl halides is 3. The van der Waals surface area contributed by atoms with Crippen LogP contribution in [0.5, 0.6) is 0 Å². The molecule has 3 rings (SSSR count). The number of halogens is 3. The summed E-state index contributed by atoms with van der Waals surface area (Å²) in [6.07, 6.45) is -1.39. The van der Waals surface area contributed by atoms with Crippen molar-refractivity contribution in [2.45, 2.75) is 12.1 Å². The summed E-state index contributed by atoms with van der Waals surface area (Å²) in [6.45, 7) is 0. The Hall–Kier alpha value is -2.56. The molecule has 1 atom stereocenters. The van der Waals surface area contributed by atoms with E-state index in [4.69, 9.17) is 0 Å². The molecule has 0 aromatic heterocycles. The van der Waals surface area contributed by atoms with E-state index in [1.807, 2.05) is 0 Å². The fourth-order valence-corrected chi connectivity index (χ4v) is 2.36. The van der Waals surface area contributed by atoms with E-state index in [9.17, 15) is 13.2 Å². The van der Waals surface area contributed by atoms with Gasteiger partial charge in [-0.15, -0.1) is 0 Å². The number of hydrazone groups is 1. The highest BCUT2D eigenvalue weighted by Gasteiger charge is 2.42. The van der Waals surface area contributed by atoms with Crippen LogP contribution >= 0.6 is 0 Å². The quantitative estimate of drug-likeness (QED) is 0.783. The molecular weight excluding hydrogens is 289 g/mol. The van der Waals surface area contributed by atoms with Gasteiger partial charge in [0.05, 0.1) is 11.6 Å².